The van der Waals surface area contributed by atoms with Gasteiger partial charge in [-0.2, -0.15) is 10.2 Å². The molecule has 0 N–H and O–H groups in total. The molecule has 1 fully saturated rings. The Hall–Kier alpha value is -0.930. The van der Waals surface area contributed by atoms with E-state index < -0.39 is 5.54 Å². The van der Waals surface area contributed by atoms with E-state index in [9.17, 15) is 4.79 Å². The third-order valence-corrected chi connectivity index (χ3v) is 3.22. The van der Waals surface area contributed by atoms with Crippen LogP contribution in [0.2, 0.25) is 0 Å². The molecule has 0 bridgehead atoms. The van der Waals surface area contributed by atoms with Crippen molar-refractivity contribution in [1.82, 2.24) is 0 Å². The van der Waals surface area contributed by atoms with Gasteiger partial charge < -0.3 is 4.74 Å². The minimum Gasteiger partial charge on any atom is -0.467 e. The van der Waals surface area contributed by atoms with Gasteiger partial charge in [-0.1, -0.05) is 33.6 Å². The van der Waals surface area contributed by atoms with Crippen LogP contribution in [-0.4, -0.2) is 25.2 Å². The van der Waals surface area contributed by atoms with Crippen LogP contribution in [0.25, 0.3) is 0 Å². The highest BCUT2D eigenvalue weighted by Crippen LogP contribution is 2.34. The van der Waals surface area contributed by atoms with Crippen molar-refractivity contribution in [3.63, 3.8) is 0 Å². The van der Waals surface area contributed by atoms with Crippen molar-refractivity contribution in [2.24, 2.45) is 15.6 Å². The zero-order chi connectivity index (χ0) is 12.9. The Balaban J connectivity index is 2.56. The van der Waals surface area contributed by atoms with E-state index in [4.69, 9.17) is 4.74 Å². The van der Waals surface area contributed by atoms with Crippen LogP contribution in [0.5, 0.6) is 0 Å². The van der Waals surface area contributed by atoms with Crippen LogP contribution in [0.3, 0.4) is 0 Å². The predicted molar refractivity (Wildman–Crippen MR) is 67.0 cm³/mol. The SMILES string of the molecule is COC(=O)C1(N=NCCC(C)(C)C)CCCC1. The number of esters is 1. The Kier molecular flexibility index (Phi) is 4.66. The Bertz CT molecular complexity index is 286. The van der Waals surface area contributed by atoms with E-state index >= 15 is 0 Å². The largest absolute Gasteiger partial charge is 0.467 e. The average Bonchev–Trinajstić information content (AvgIpc) is 2.72. The van der Waals surface area contributed by atoms with Gasteiger partial charge in [-0.15, -0.1) is 0 Å². The lowest BCUT2D eigenvalue weighted by atomic mass is 9.93. The Labute approximate surface area is 104 Å². The van der Waals surface area contributed by atoms with Crippen LogP contribution >= 0.6 is 0 Å². The van der Waals surface area contributed by atoms with Crippen molar-refractivity contribution in [3.8, 4) is 0 Å². The van der Waals surface area contributed by atoms with Crippen molar-refractivity contribution in [2.45, 2.75) is 58.4 Å². The molecule has 0 atom stereocenters. The summed E-state index contributed by atoms with van der Waals surface area (Å²) in [5.41, 5.74) is -0.417. The molecule has 1 saturated carbocycles. The molecule has 0 heterocycles. The number of hydrogen-bond donors (Lipinski definition) is 0. The van der Waals surface area contributed by atoms with Crippen LogP contribution < -0.4 is 0 Å². The lowest BCUT2D eigenvalue weighted by Crippen LogP contribution is -2.34. The van der Waals surface area contributed by atoms with Crippen molar-refractivity contribution < 1.29 is 9.53 Å². The Morgan fingerprint density at radius 1 is 1.29 bits per heavy atom. The van der Waals surface area contributed by atoms with Crippen molar-refractivity contribution in [3.05, 3.63) is 0 Å². The van der Waals surface area contributed by atoms with Gasteiger partial charge in [0.1, 0.15) is 0 Å². The summed E-state index contributed by atoms with van der Waals surface area (Å²) in [5, 5.41) is 8.48. The first kappa shape index (κ1) is 14.1. The number of ether oxygens (including phenoxy) is 1. The van der Waals surface area contributed by atoms with E-state index in [2.05, 4.69) is 31.0 Å². The molecule has 0 saturated heterocycles. The number of hydrogen-bond acceptors (Lipinski definition) is 4. The fourth-order valence-electron chi connectivity index (χ4n) is 2.07. The molecule has 4 nitrogen and oxygen atoms in total. The van der Waals surface area contributed by atoms with Gasteiger partial charge in [0, 0.05) is 0 Å². The highest BCUT2D eigenvalue weighted by atomic mass is 16.5. The summed E-state index contributed by atoms with van der Waals surface area (Å²) in [5.74, 6) is -0.227. The van der Waals surface area contributed by atoms with E-state index in [1.165, 1.54) is 7.11 Å². The summed E-state index contributed by atoms with van der Waals surface area (Å²) < 4.78 is 4.84. The second-order valence-electron chi connectivity index (χ2n) is 6.01. The molecular weight excluding hydrogens is 216 g/mol. The van der Waals surface area contributed by atoms with Gasteiger partial charge in [0.15, 0.2) is 5.54 Å². The van der Waals surface area contributed by atoms with Crippen LogP contribution in [0.4, 0.5) is 0 Å². The molecule has 17 heavy (non-hydrogen) atoms. The molecule has 4 heteroatoms. The van der Waals surface area contributed by atoms with E-state index in [-0.39, 0.29) is 11.4 Å². The van der Waals surface area contributed by atoms with E-state index in [0.29, 0.717) is 6.54 Å². The van der Waals surface area contributed by atoms with Crippen molar-refractivity contribution in [2.75, 3.05) is 13.7 Å². The van der Waals surface area contributed by atoms with E-state index in [1.807, 2.05) is 0 Å². The van der Waals surface area contributed by atoms with Crippen LogP contribution in [0, 0.1) is 5.41 Å². The van der Waals surface area contributed by atoms with Crippen LogP contribution in [-0.2, 0) is 9.53 Å². The minimum atomic E-state index is -0.674. The predicted octanol–water partition coefficient (Wildman–Crippen LogP) is 3.36. The normalized spacial score (nSPS) is 19.8. The first-order valence-corrected chi connectivity index (χ1v) is 6.37. The zero-order valence-corrected chi connectivity index (χ0v) is 11.5. The molecule has 1 rings (SSSR count). The van der Waals surface area contributed by atoms with E-state index in [1.54, 1.807) is 0 Å². The molecule has 0 aromatic rings. The summed E-state index contributed by atoms with van der Waals surface area (Å²) in [7, 11) is 1.42. The molecule has 1 aliphatic rings. The third-order valence-electron chi connectivity index (χ3n) is 3.22. The zero-order valence-electron chi connectivity index (χ0n) is 11.5. The Morgan fingerprint density at radius 2 is 1.88 bits per heavy atom. The number of methoxy groups -OCH3 is 1. The summed E-state index contributed by atoms with van der Waals surface area (Å²) >= 11 is 0. The van der Waals surface area contributed by atoms with Gasteiger partial charge in [0.2, 0.25) is 0 Å². The second-order valence-corrected chi connectivity index (χ2v) is 6.01. The molecule has 0 aliphatic heterocycles. The average molecular weight is 240 g/mol. The highest BCUT2D eigenvalue weighted by molar-refractivity contribution is 5.81. The maximum atomic E-state index is 11.8. The molecule has 1 aliphatic carbocycles. The van der Waals surface area contributed by atoms with Crippen molar-refractivity contribution >= 4 is 5.97 Å². The quantitative estimate of drug-likeness (QED) is 0.559. The maximum absolute atomic E-state index is 11.8. The molecule has 0 unspecified atom stereocenters. The molecular formula is C13H24N2O2. The fraction of sp³-hybridized carbons (Fsp3) is 0.923. The molecule has 0 radical (unpaired) electrons. The number of carbonyl (C=O) groups is 1. The van der Waals surface area contributed by atoms with Crippen LogP contribution in [0.1, 0.15) is 52.9 Å². The first-order chi connectivity index (χ1) is 7.90. The minimum absolute atomic E-state index is 0.227. The second kappa shape index (κ2) is 5.61. The van der Waals surface area contributed by atoms with Gasteiger partial charge in [-0.3, -0.25) is 0 Å². The molecule has 98 valence electrons. The van der Waals surface area contributed by atoms with Gasteiger partial charge in [-0.25, -0.2) is 4.79 Å². The van der Waals surface area contributed by atoms with Gasteiger partial charge in [-0.05, 0) is 24.7 Å². The number of carbonyl (C=O) groups excluding carboxylic acids is 1. The summed E-state index contributed by atoms with van der Waals surface area (Å²) in [6.07, 6.45) is 4.60. The lowest BCUT2D eigenvalue weighted by Gasteiger charge is -2.20. The maximum Gasteiger partial charge on any atom is 0.335 e. The summed E-state index contributed by atoms with van der Waals surface area (Å²) in [6.45, 7) is 7.21. The summed E-state index contributed by atoms with van der Waals surface area (Å²) in [6, 6.07) is 0. The summed E-state index contributed by atoms with van der Waals surface area (Å²) in [4.78, 5) is 11.8. The van der Waals surface area contributed by atoms with Crippen molar-refractivity contribution in [1.29, 1.82) is 0 Å². The number of nitrogens with zero attached hydrogens (tertiary/aromatic N) is 2. The molecule has 0 aromatic carbocycles. The fourth-order valence-corrected chi connectivity index (χ4v) is 2.07. The van der Waals surface area contributed by atoms with Gasteiger partial charge in [0.05, 0.1) is 13.7 Å². The van der Waals surface area contributed by atoms with Gasteiger partial charge in [0.25, 0.3) is 0 Å². The standard InChI is InChI=1S/C13H24N2O2/c1-12(2,3)9-10-14-15-13(11(16)17-4)7-5-6-8-13/h5-10H2,1-4H3. The van der Waals surface area contributed by atoms with E-state index in [0.717, 1.165) is 32.1 Å². The molecule has 0 aromatic heterocycles. The topological polar surface area (TPSA) is 51.0 Å². The first-order valence-electron chi connectivity index (χ1n) is 6.37. The van der Waals surface area contributed by atoms with Gasteiger partial charge >= 0.3 is 5.97 Å². The monoisotopic (exact) mass is 240 g/mol. The molecule has 0 amide bonds. The highest BCUT2D eigenvalue weighted by Gasteiger charge is 2.42. The van der Waals surface area contributed by atoms with Crippen LogP contribution in [0.15, 0.2) is 10.2 Å². The molecule has 0 spiro atoms. The smallest absolute Gasteiger partial charge is 0.335 e. The lowest BCUT2D eigenvalue weighted by molar-refractivity contribution is -0.146. The number of azo groups is 1. The number of rotatable bonds is 4. The third kappa shape index (κ3) is 4.10. The Morgan fingerprint density at radius 3 is 2.35 bits per heavy atom.